The molecule has 0 radical (unpaired) electrons. The Kier molecular flexibility index (Phi) is 13.8. The maximum atomic E-state index is 7.31. The van der Waals surface area contributed by atoms with Gasteiger partial charge in [0.1, 0.15) is 72.5 Å². The Balaban J connectivity index is 0.591. The molecule has 0 aliphatic rings. The van der Waals surface area contributed by atoms with Crippen LogP contribution in [0.4, 0.5) is 0 Å². The van der Waals surface area contributed by atoms with Gasteiger partial charge in [0.15, 0.2) is 11.6 Å². The molecule has 0 spiro atoms. The lowest BCUT2D eigenvalue weighted by Gasteiger charge is -2.19. The minimum Gasteiger partial charge on any atom is -0.456 e. The molecule has 0 amide bonds. The summed E-state index contributed by atoms with van der Waals surface area (Å²) in [5.74, 6) is 1.28. The van der Waals surface area contributed by atoms with Crippen LogP contribution >= 0.6 is 0 Å². The largest absolute Gasteiger partial charge is 0.456 e. The zero-order valence-electron chi connectivity index (χ0n) is 74.0. The third-order valence-corrected chi connectivity index (χ3v) is 30.4. The second-order valence-corrected chi connectivity index (χ2v) is 37.5. The molecule has 646 valence electrons. The number of furan rings is 6. The molecule has 20 aromatic carbocycles. The fourth-order valence-corrected chi connectivity index (χ4v) is 24.3. The molecule has 15 heteroatoms. The maximum Gasteiger partial charge on any atom is 0.182 e. The lowest BCUT2D eigenvalue weighted by Crippen LogP contribution is -2.10. The Bertz CT molecular complexity index is 11700. The van der Waals surface area contributed by atoms with Gasteiger partial charge >= 0.3 is 0 Å². The molecule has 14 aromatic heterocycles. The summed E-state index contributed by atoms with van der Waals surface area (Å²) in [6, 6.07) is 139. The molecule has 0 aliphatic heterocycles. The second kappa shape index (κ2) is 26.4. The van der Waals surface area contributed by atoms with Gasteiger partial charge in [-0.2, -0.15) is 0 Å². The van der Waals surface area contributed by atoms with E-state index in [0.717, 1.165) is 318 Å². The average Bonchev–Trinajstić information content (AvgIpc) is 1.53. The van der Waals surface area contributed by atoms with Gasteiger partial charge < -0.3 is 44.8 Å². The first-order valence-electron chi connectivity index (χ1n) is 47.3. The van der Waals surface area contributed by atoms with E-state index in [2.05, 4.69) is 373 Å². The Morgan fingerprint density at radius 3 is 0.907 bits per heavy atom. The second-order valence-electron chi connectivity index (χ2n) is 37.5. The van der Waals surface area contributed by atoms with Gasteiger partial charge in [0.25, 0.3) is 0 Å². The van der Waals surface area contributed by atoms with Crippen molar-refractivity contribution in [3.8, 4) is 45.5 Å². The summed E-state index contributed by atoms with van der Waals surface area (Å²) in [5.41, 5.74) is 30.0. The summed E-state index contributed by atoms with van der Waals surface area (Å²) in [4.78, 5) is 17.8. The minimum atomic E-state index is 0.632. The zero-order valence-corrected chi connectivity index (χ0v) is 74.0. The topological polar surface area (TPSA) is 147 Å². The summed E-state index contributed by atoms with van der Waals surface area (Å²) in [6.07, 6.45) is 1.98. The molecule has 34 aromatic rings. The van der Waals surface area contributed by atoms with Crippen LogP contribution in [0.15, 0.2) is 421 Å². The van der Waals surface area contributed by atoms with E-state index >= 15 is 0 Å². The number of rotatable bonds is 7. The monoisotopic (exact) mass is 1790 g/mol. The standard InChI is InChI=1S/C125H65N9O6/c1-11-33-95-69(22-1)81-60-121-92(54-103(81)129(95)68-52-94-122(109(53-68)132-98-36-14-4-25-72(98)84-63-118-89(57-106(84)132)76-29-8-18-41-112(76)137-118)101(48-49-126-94)130-96-34-12-2-23-70(96)82-61-116-87(55-104(82)130)74-27-6-16-39-110(74)135-116)79-46-44-67(51-115(79)140-121)66-45-47-100-80(50-66)86-65-120-91(78-31-10-20-43-114(78)139-120)59-108(86)134(100)125-124(133-99-37-15-5-26-73(99)85-64-119-90(58-107(85)133)77-30-9-19-42-113(77)138-119)127-93-32-21-38-102(123(93)128-125)131-97-35-13-3-24-71(97)83-62-117-88(56-105(83)131)75-28-7-17-40-111(75)136-117/h1-65H. The van der Waals surface area contributed by atoms with Gasteiger partial charge in [-0.15, -0.1) is 0 Å². The zero-order chi connectivity index (χ0) is 90.4. The molecular weight excluding hydrogens is 1720 g/mol. The van der Waals surface area contributed by atoms with Crippen LogP contribution in [0, 0.1) is 0 Å². The smallest absolute Gasteiger partial charge is 0.182 e. The van der Waals surface area contributed by atoms with Gasteiger partial charge in [-0.1, -0.05) is 200 Å². The number of hydrogen-bond donors (Lipinski definition) is 0. The van der Waals surface area contributed by atoms with Crippen LogP contribution < -0.4 is 0 Å². The van der Waals surface area contributed by atoms with Crippen LogP contribution in [0.2, 0.25) is 0 Å². The minimum absolute atomic E-state index is 0.632. The first-order valence-corrected chi connectivity index (χ1v) is 47.3. The Morgan fingerprint density at radius 2 is 0.471 bits per heavy atom. The third-order valence-electron chi connectivity index (χ3n) is 30.4. The van der Waals surface area contributed by atoms with E-state index in [9.17, 15) is 0 Å². The maximum absolute atomic E-state index is 7.31. The van der Waals surface area contributed by atoms with E-state index in [4.69, 9.17) is 41.5 Å². The SMILES string of the molecule is c1cc(-n2c3ccccc3c3cc4oc5ccccc5c4cc32)c2nc(-n3c4ccc(-c5ccc6c(c5)oc5cc7c8ccccc8n(-c8cc(-n9c%10ccccc%10c%10cc%11oc%12ccccc%12c%11cc%109)c9c(-n%10c%11ccccc%11c%11cc%12oc%13ccccc%13c%12cc%11%10)ccnc9c8)c7cc56)cc4c4cc5oc6ccccc6c5cc43)c(-n3c4ccccc4c4cc5oc6ccccc6c5cc43)nc2c1. The van der Waals surface area contributed by atoms with Crippen LogP contribution in [0.25, 0.3) is 330 Å². The number of benzene rings is 20. The van der Waals surface area contributed by atoms with Crippen LogP contribution in [-0.2, 0) is 0 Å². The van der Waals surface area contributed by atoms with Gasteiger partial charge in [0, 0.05) is 141 Å². The van der Waals surface area contributed by atoms with E-state index in [1.54, 1.807) is 0 Å². The van der Waals surface area contributed by atoms with E-state index in [1.165, 1.54) is 0 Å². The fraction of sp³-hybridized carbons (Fsp3) is 0. The van der Waals surface area contributed by atoms with Crippen molar-refractivity contribution in [3.05, 3.63) is 394 Å². The number of hydrogen-bond acceptors (Lipinski definition) is 9. The lowest BCUT2D eigenvalue weighted by molar-refractivity contribution is 0.669. The average molecular weight is 1790 g/mol. The predicted molar refractivity (Wildman–Crippen MR) is 570 cm³/mol. The van der Waals surface area contributed by atoms with Crippen molar-refractivity contribution in [3.63, 3.8) is 0 Å². The Labute approximate surface area is 787 Å². The van der Waals surface area contributed by atoms with Crippen molar-refractivity contribution in [2.45, 2.75) is 0 Å². The van der Waals surface area contributed by atoms with E-state index in [1.807, 2.05) is 48.7 Å². The number of fused-ring (bicyclic) bond motifs is 38. The van der Waals surface area contributed by atoms with E-state index < -0.39 is 0 Å². The normalized spacial score (nSPS) is 12.7. The van der Waals surface area contributed by atoms with Crippen molar-refractivity contribution in [1.29, 1.82) is 0 Å². The fourth-order valence-electron chi connectivity index (χ4n) is 24.3. The molecule has 0 fully saturated rings. The molecular formula is C125H65N9O6. The summed E-state index contributed by atoms with van der Waals surface area (Å²) >= 11 is 0. The van der Waals surface area contributed by atoms with Gasteiger partial charge in [0.2, 0.25) is 0 Å². The molecule has 0 saturated heterocycles. The van der Waals surface area contributed by atoms with Crippen molar-refractivity contribution < 1.29 is 26.5 Å². The third kappa shape index (κ3) is 9.66. The summed E-state index contributed by atoms with van der Waals surface area (Å²) in [7, 11) is 0. The van der Waals surface area contributed by atoms with Crippen LogP contribution in [0.1, 0.15) is 0 Å². The number of pyridine rings is 1. The molecule has 140 heavy (non-hydrogen) atoms. The van der Waals surface area contributed by atoms with Gasteiger partial charge in [-0.25, -0.2) is 9.97 Å². The lowest BCUT2D eigenvalue weighted by atomic mass is 10.0. The highest BCUT2D eigenvalue weighted by molar-refractivity contribution is 6.26. The number of nitrogens with zero attached hydrogens (tertiary/aromatic N) is 9. The van der Waals surface area contributed by atoms with Gasteiger partial charge in [-0.05, 0) is 199 Å². The Hall–Kier alpha value is -19.3. The van der Waals surface area contributed by atoms with E-state index in [0.29, 0.717) is 11.6 Å². The highest BCUT2D eigenvalue weighted by Crippen LogP contribution is 2.51. The first-order chi connectivity index (χ1) is 69.4. The highest BCUT2D eigenvalue weighted by atomic mass is 16.3. The molecule has 34 rings (SSSR count). The molecule has 15 nitrogen and oxygen atoms in total. The molecule has 0 saturated carbocycles. The van der Waals surface area contributed by atoms with Gasteiger partial charge in [-0.3, -0.25) is 14.1 Å². The first kappa shape index (κ1) is 73.3. The summed E-state index contributed by atoms with van der Waals surface area (Å²) in [5, 5.41) is 26.1. The van der Waals surface area contributed by atoms with Crippen molar-refractivity contribution in [2.24, 2.45) is 0 Å². The molecule has 14 heterocycles. The summed E-state index contributed by atoms with van der Waals surface area (Å²) < 4.78 is 55.4. The van der Waals surface area contributed by atoms with Crippen molar-refractivity contribution in [1.82, 2.24) is 42.4 Å². The molecule has 0 aliphatic carbocycles. The van der Waals surface area contributed by atoms with E-state index in [-0.39, 0.29) is 0 Å². The Morgan fingerprint density at radius 1 is 0.164 bits per heavy atom. The van der Waals surface area contributed by atoms with Crippen LogP contribution in [0.3, 0.4) is 0 Å². The highest BCUT2D eigenvalue weighted by Gasteiger charge is 2.32. The van der Waals surface area contributed by atoms with Crippen LogP contribution in [-0.4, -0.2) is 42.4 Å². The molecule has 0 atom stereocenters. The molecule has 0 N–H and O–H groups in total. The predicted octanol–water partition coefficient (Wildman–Crippen LogP) is 33.8. The van der Waals surface area contributed by atoms with Crippen LogP contribution in [0.5, 0.6) is 0 Å². The van der Waals surface area contributed by atoms with Crippen molar-refractivity contribution >= 4 is 284 Å². The quantitative estimate of drug-likeness (QED) is 0.152. The summed E-state index contributed by atoms with van der Waals surface area (Å²) in [6.45, 7) is 0. The molecule has 0 unspecified atom stereocenters. The molecule has 0 bridgehead atoms. The number of aromatic nitrogens is 9. The van der Waals surface area contributed by atoms with Crippen molar-refractivity contribution in [2.75, 3.05) is 0 Å². The van der Waals surface area contributed by atoms with Gasteiger partial charge in [0.05, 0.1) is 100.0 Å². The number of para-hydroxylation sites is 11.